The van der Waals surface area contributed by atoms with Crippen LogP contribution in [0.4, 0.5) is 0 Å². The SMILES string of the molecule is CCCCCN(CCCCC)C(=O)COC1(C)CNC1. The van der Waals surface area contributed by atoms with E-state index in [0.717, 1.165) is 39.0 Å². The molecule has 0 aromatic heterocycles. The van der Waals surface area contributed by atoms with Gasteiger partial charge in [0.25, 0.3) is 0 Å². The fourth-order valence-electron chi connectivity index (χ4n) is 2.37. The fourth-order valence-corrected chi connectivity index (χ4v) is 2.37. The van der Waals surface area contributed by atoms with E-state index in [0.29, 0.717) is 0 Å². The van der Waals surface area contributed by atoms with E-state index < -0.39 is 0 Å². The summed E-state index contributed by atoms with van der Waals surface area (Å²) in [5.41, 5.74) is -0.131. The molecular weight excluding hydrogens is 252 g/mol. The van der Waals surface area contributed by atoms with Crippen LogP contribution in [0.5, 0.6) is 0 Å². The number of rotatable bonds is 11. The number of amides is 1. The van der Waals surface area contributed by atoms with Crippen molar-refractivity contribution in [3.8, 4) is 0 Å². The van der Waals surface area contributed by atoms with Gasteiger partial charge in [0.15, 0.2) is 0 Å². The van der Waals surface area contributed by atoms with Gasteiger partial charge in [-0.05, 0) is 19.8 Å². The van der Waals surface area contributed by atoms with Gasteiger partial charge in [0.05, 0.1) is 5.60 Å². The van der Waals surface area contributed by atoms with Gasteiger partial charge in [-0.15, -0.1) is 0 Å². The molecule has 0 saturated carbocycles. The molecule has 1 saturated heterocycles. The largest absolute Gasteiger partial charge is 0.363 e. The minimum absolute atomic E-state index is 0.131. The molecule has 0 unspecified atom stereocenters. The molecule has 1 heterocycles. The molecule has 4 nitrogen and oxygen atoms in total. The Morgan fingerprint density at radius 1 is 1.10 bits per heavy atom. The summed E-state index contributed by atoms with van der Waals surface area (Å²) >= 11 is 0. The number of nitrogens with zero attached hydrogens (tertiary/aromatic N) is 1. The minimum Gasteiger partial charge on any atom is -0.363 e. The van der Waals surface area contributed by atoms with Crippen LogP contribution in [0.1, 0.15) is 59.3 Å². The molecule has 0 aliphatic carbocycles. The molecule has 1 aliphatic rings. The van der Waals surface area contributed by atoms with E-state index in [1.165, 1.54) is 25.7 Å². The molecule has 0 radical (unpaired) electrons. The van der Waals surface area contributed by atoms with E-state index in [1.807, 2.05) is 4.90 Å². The third-order valence-electron chi connectivity index (χ3n) is 3.96. The molecule has 1 N–H and O–H groups in total. The molecule has 1 amide bonds. The van der Waals surface area contributed by atoms with E-state index in [4.69, 9.17) is 4.74 Å². The number of carbonyl (C=O) groups excluding carboxylic acids is 1. The van der Waals surface area contributed by atoms with Crippen LogP contribution in [0.15, 0.2) is 0 Å². The normalized spacial score (nSPS) is 16.8. The Bertz CT molecular complexity index is 268. The monoisotopic (exact) mass is 284 g/mol. The van der Waals surface area contributed by atoms with Crippen molar-refractivity contribution in [3.05, 3.63) is 0 Å². The third-order valence-corrected chi connectivity index (χ3v) is 3.96. The zero-order valence-corrected chi connectivity index (χ0v) is 13.5. The van der Waals surface area contributed by atoms with E-state index in [9.17, 15) is 4.79 Å². The van der Waals surface area contributed by atoms with Gasteiger partial charge in [0, 0.05) is 26.2 Å². The van der Waals surface area contributed by atoms with Crippen molar-refractivity contribution >= 4 is 5.91 Å². The van der Waals surface area contributed by atoms with E-state index in [2.05, 4.69) is 26.1 Å². The lowest BCUT2D eigenvalue weighted by Gasteiger charge is -2.39. The maximum absolute atomic E-state index is 12.3. The highest BCUT2D eigenvalue weighted by atomic mass is 16.5. The van der Waals surface area contributed by atoms with Gasteiger partial charge < -0.3 is 15.0 Å². The van der Waals surface area contributed by atoms with E-state index in [-0.39, 0.29) is 18.1 Å². The second kappa shape index (κ2) is 9.35. The Kier molecular flexibility index (Phi) is 8.15. The van der Waals surface area contributed by atoms with Crippen molar-refractivity contribution in [2.45, 2.75) is 64.9 Å². The molecule has 1 aliphatic heterocycles. The molecule has 0 aromatic carbocycles. The maximum Gasteiger partial charge on any atom is 0.248 e. The first-order chi connectivity index (χ1) is 9.61. The highest BCUT2D eigenvalue weighted by Crippen LogP contribution is 2.15. The third kappa shape index (κ3) is 6.23. The minimum atomic E-state index is -0.131. The van der Waals surface area contributed by atoms with Gasteiger partial charge >= 0.3 is 0 Å². The summed E-state index contributed by atoms with van der Waals surface area (Å²) in [6.45, 7) is 10.2. The maximum atomic E-state index is 12.3. The summed E-state index contributed by atoms with van der Waals surface area (Å²) in [6, 6.07) is 0. The standard InChI is InChI=1S/C16H32N2O2/c1-4-6-8-10-18(11-9-7-5-2)15(19)12-20-16(3)13-17-14-16/h17H,4-14H2,1-3H3. The molecule has 0 bridgehead atoms. The van der Waals surface area contributed by atoms with Crippen molar-refractivity contribution in [2.24, 2.45) is 0 Å². The van der Waals surface area contributed by atoms with Crippen LogP contribution in [0.2, 0.25) is 0 Å². The Morgan fingerprint density at radius 3 is 2.05 bits per heavy atom. The lowest BCUT2D eigenvalue weighted by atomic mass is 10.0. The Morgan fingerprint density at radius 2 is 1.65 bits per heavy atom. The first-order valence-corrected chi connectivity index (χ1v) is 8.23. The number of hydrogen-bond acceptors (Lipinski definition) is 3. The highest BCUT2D eigenvalue weighted by Gasteiger charge is 2.33. The number of ether oxygens (including phenoxy) is 1. The quantitative estimate of drug-likeness (QED) is 0.593. The number of nitrogens with one attached hydrogen (secondary N) is 1. The van der Waals surface area contributed by atoms with Crippen molar-refractivity contribution in [1.82, 2.24) is 10.2 Å². The molecule has 0 aromatic rings. The predicted molar refractivity (Wildman–Crippen MR) is 82.9 cm³/mol. The van der Waals surface area contributed by atoms with Crippen LogP contribution in [0, 0.1) is 0 Å². The highest BCUT2D eigenvalue weighted by molar-refractivity contribution is 5.77. The van der Waals surface area contributed by atoms with Crippen molar-refractivity contribution in [3.63, 3.8) is 0 Å². The molecule has 1 fully saturated rings. The molecule has 0 spiro atoms. The average molecular weight is 284 g/mol. The summed E-state index contributed by atoms with van der Waals surface area (Å²) < 4.78 is 5.77. The summed E-state index contributed by atoms with van der Waals surface area (Å²) in [7, 11) is 0. The van der Waals surface area contributed by atoms with Gasteiger partial charge in [0.2, 0.25) is 5.91 Å². The van der Waals surface area contributed by atoms with Crippen LogP contribution >= 0.6 is 0 Å². The van der Waals surface area contributed by atoms with Crippen molar-refractivity contribution < 1.29 is 9.53 Å². The van der Waals surface area contributed by atoms with E-state index >= 15 is 0 Å². The van der Waals surface area contributed by atoms with Crippen molar-refractivity contribution in [2.75, 3.05) is 32.8 Å². The van der Waals surface area contributed by atoms with Crippen LogP contribution in [-0.2, 0) is 9.53 Å². The summed E-state index contributed by atoms with van der Waals surface area (Å²) in [5, 5.41) is 3.19. The summed E-state index contributed by atoms with van der Waals surface area (Å²) in [6.07, 6.45) is 6.98. The number of unbranched alkanes of at least 4 members (excludes halogenated alkanes) is 4. The Balaban J connectivity index is 2.32. The van der Waals surface area contributed by atoms with Crippen LogP contribution < -0.4 is 5.32 Å². The van der Waals surface area contributed by atoms with Gasteiger partial charge in [-0.2, -0.15) is 0 Å². The van der Waals surface area contributed by atoms with Crippen molar-refractivity contribution in [1.29, 1.82) is 0 Å². The molecular formula is C16H32N2O2. The van der Waals surface area contributed by atoms with Gasteiger partial charge in [-0.1, -0.05) is 39.5 Å². The van der Waals surface area contributed by atoms with Gasteiger partial charge in [-0.25, -0.2) is 0 Å². The van der Waals surface area contributed by atoms with E-state index in [1.54, 1.807) is 0 Å². The fraction of sp³-hybridized carbons (Fsp3) is 0.938. The average Bonchev–Trinajstić information content (AvgIpc) is 2.41. The number of carbonyl (C=O) groups is 1. The lowest BCUT2D eigenvalue weighted by molar-refractivity contribution is -0.146. The first-order valence-electron chi connectivity index (χ1n) is 8.23. The Hall–Kier alpha value is -0.610. The van der Waals surface area contributed by atoms with Gasteiger partial charge in [0.1, 0.15) is 6.61 Å². The predicted octanol–water partition coefficient (Wildman–Crippen LogP) is 2.57. The molecule has 118 valence electrons. The van der Waals surface area contributed by atoms with Gasteiger partial charge in [-0.3, -0.25) is 4.79 Å². The number of hydrogen-bond donors (Lipinski definition) is 1. The second-order valence-electron chi connectivity index (χ2n) is 6.14. The van der Waals surface area contributed by atoms with Crippen LogP contribution in [0.3, 0.4) is 0 Å². The summed E-state index contributed by atoms with van der Waals surface area (Å²) in [4.78, 5) is 14.3. The lowest BCUT2D eigenvalue weighted by Crippen LogP contribution is -2.59. The first kappa shape index (κ1) is 17.4. The smallest absolute Gasteiger partial charge is 0.248 e. The second-order valence-corrected chi connectivity index (χ2v) is 6.14. The zero-order valence-electron chi connectivity index (χ0n) is 13.5. The zero-order chi connectivity index (χ0) is 14.8. The molecule has 0 atom stereocenters. The van der Waals surface area contributed by atoms with Crippen LogP contribution in [0.25, 0.3) is 0 Å². The topological polar surface area (TPSA) is 41.6 Å². The molecule has 1 rings (SSSR count). The van der Waals surface area contributed by atoms with Crippen LogP contribution in [-0.4, -0.2) is 49.2 Å². The molecule has 4 heteroatoms. The summed E-state index contributed by atoms with van der Waals surface area (Å²) in [5.74, 6) is 0.158. The Labute approximate surface area is 124 Å². The molecule has 20 heavy (non-hydrogen) atoms.